The van der Waals surface area contributed by atoms with E-state index >= 15 is 0 Å². The predicted molar refractivity (Wildman–Crippen MR) is 43.1 cm³/mol. The first-order chi connectivity index (χ1) is 4.41. The van der Waals surface area contributed by atoms with Crippen molar-refractivity contribution in [3.8, 4) is 0 Å². The van der Waals surface area contributed by atoms with Crippen molar-refractivity contribution in [2.24, 2.45) is 0 Å². The molecule has 0 fully saturated rings. The fourth-order valence-electron chi connectivity index (χ4n) is 0.628. The second-order valence-corrected chi connectivity index (χ2v) is 3.52. The summed E-state index contributed by atoms with van der Waals surface area (Å²) in [5.74, 6) is 0. The fourth-order valence-corrected chi connectivity index (χ4v) is 1.18. The Bertz CT molecular complexity index is 46.3. The first-order valence-corrected chi connectivity index (χ1v) is 4.92. The standard InChI is InChI=1S/C6H17NOSi/c1-3-4-5-6-8-9-7-2/h7H,3-6,9H2,1-2H3. The van der Waals surface area contributed by atoms with Crippen LogP contribution in [0.4, 0.5) is 0 Å². The van der Waals surface area contributed by atoms with Gasteiger partial charge in [0, 0.05) is 6.61 Å². The Morgan fingerprint density at radius 2 is 2.22 bits per heavy atom. The zero-order valence-corrected chi connectivity index (χ0v) is 7.86. The highest BCUT2D eigenvalue weighted by Gasteiger charge is 1.84. The SMILES string of the molecule is CCCCCO[SiH2]NC. The molecule has 0 aliphatic carbocycles. The quantitative estimate of drug-likeness (QED) is 0.434. The van der Waals surface area contributed by atoms with Crippen LogP contribution in [0.3, 0.4) is 0 Å². The average Bonchev–Trinajstić information content (AvgIpc) is 1.89. The third kappa shape index (κ3) is 8.14. The second kappa shape index (κ2) is 8.14. The van der Waals surface area contributed by atoms with E-state index in [0.29, 0.717) is 0 Å². The molecule has 0 aromatic rings. The highest BCUT2D eigenvalue weighted by Crippen LogP contribution is 1.92. The van der Waals surface area contributed by atoms with Gasteiger partial charge in [0.05, 0.1) is 0 Å². The molecular formula is C6H17NOSi. The minimum Gasteiger partial charge on any atom is -0.409 e. The van der Waals surface area contributed by atoms with Gasteiger partial charge in [0.15, 0.2) is 0 Å². The summed E-state index contributed by atoms with van der Waals surface area (Å²) in [5.41, 5.74) is 0. The van der Waals surface area contributed by atoms with E-state index < -0.39 is 0 Å². The van der Waals surface area contributed by atoms with Gasteiger partial charge < -0.3 is 9.41 Å². The molecule has 0 heterocycles. The predicted octanol–water partition coefficient (Wildman–Crippen LogP) is 0.411. The Labute approximate surface area is 60.0 Å². The monoisotopic (exact) mass is 147 g/mol. The third-order valence-corrected chi connectivity index (χ3v) is 1.92. The molecule has 3 heteroatoms. The van der Waals surface area contributed by atoms with Gasteiger partial charge in [-0.2, -0.15) is 0 Å². The van der Waals surface area contributed by atoms with Crippen LogP contribution in [0.1, 0.15) is 26.2 Å². The summed E-state index contributed by atoms with van der Waals surface area (Å²) in [6.07, 6.45) is 3.81. The largest absolute Gasteiger partial charge is 0.409 e. The molecule has 1 N–H and O–H groups in total. The number of hydrogen-bond acceptors (Lipinski definition) is 2. The topological polar surface area (TPSA) is 21.3 Å². The Kier molecular flexibility index (Phi) is 8.26. The van der Waals surface area contributed by atoms with Gasteiger partial charge in [0.25, 0.3) is 0 Å². The molecule has 9 heavy (non-hydrogen) atoms. The summed E-state index contributed by atoms with van der Waals surface area (Å²) < 4.78 is 5.31. The minimum atomic E-state index is -0.356. The van der Waals surface area contributed by atoms with Crippen LogP contribution in [0.5, 0.6) is 0 Å². The molecule has 0 saturated carbocycles. The molecule has 0 amide bonds. The van der Waals surface area contributed by atoms with Crippen molar-refractivity contribution in [1.29, 1.82) is 0 Å². The molecule has 0 saturated heterocycles. The molecule has 2 nitrogen and oxygen atoms in total. The molecule has 0 unspecified atom stereocenters. The summed E-state index contributed by atoms with van der Waals surface area (Å²) in [4.78, 5) is 3.06. The number of hydrogen-bond donors (Lipinski definition) is 1. The summed E-state index contributed by atoms with van der Waals surface area (Å²) in [6, 6.07) is 0. The van der Waals surface area contributed by atoms with Crippen molar-refractivity contribution in [3.63, 3.8) is 0 Å². The molecule has 0 aromatic heterocycles. The Morgan fingerprint density at radius 3 is 2.78 bits per heavy atom. The van der Waals surface area contributed by atoms with Gasteiger partial charge in [-0.1, -0.05) is 19.8 Å². The zero-order valence-electron chi connectivity index (χ0n) is 6.44. The maximum Gasteiger partial charge on any atom is 0.235 e. The lowest BCUT2D eigenvalue weighted by Gasteiger charge is -1.99. The van der Waals surface area contributed by atoms with Gasteiger partial charge in [0.2, 0.25) is 9.92 Å². The van der Waals surface area contributed by atoms with E-state index in [0.717, 1.165) is 6.61 Å². The smallest absolute Gasteiger partial charge is 0.235 e. The van der Waals surface area contributed by atoms with Crippen molar-refractivity contribution < 1.29 is 4.43 Å². The first-order valence-electron chi connectivity index (χ1n) is 3.64. The average molecular weight is 147 g/mol. The maximum absolute atomic E-state index is 5.31. The van der Waals surface area contributed by atoms with Crippen molar-refractivity contribution in [1.82, 2.24) is 4.98 Å². The van der Waals surface area contributed by atoms with Crippen LogP contribution in [-0.2, 0) is 4.43 Å². The summed E-state index contributed by atoms with van der Waals surface area (Å²) in [6.45, 7) is 3.16. The van der Waals surface area contributed by atoms with Crippen LogP contribution in [-0.4, -0.2) is 23.6 Å². The van der Waals surface area contributed by atoms with E-state index in [1.165, 1.54) is 19.3 Å². The van der Waals surface area contributed by atoms with Crippen molar-refractivity contribution in [3.05, 3.63) is 0 Å². The maximum atomic E-state index is 5.31. The normalized spacial score (nSPS) is 11.3. The molecule has 0 aliphatic heterocycles. The summed E-state index contributed by atoms with van der Waals surface area (Å²) in [5, 5.41) is 0. The van der Waals surface area contributed by atoms with Crippen molar-refractivity contribution in [2.45, 2.75) is 26.2 Å². The molecule has 56 valence electrons. The van der Waals surface area contributed by atoms with Gasteiger partial charge in [-0.05, 0) is 13.5 Å². The van der Waals surface area contributed by atoms with Gasteiger partial charge in [-0.3, -0.25) is 0 Å². The molecule has 0 bridgehead atoms. The molecular weight excluding hydrogens is 130 g/mol. The van der Waals surface area contributed by atoms with Crippen LogP contribution in [0, 0.1) is 0 Å². The lowest BCUT2D eigenvalue weighted by Crippen LogP contribution is -2.16. The molecule has 0 radical (unpaired) electrons. The minimum absolute atomic E-state index is 0.356. The van der Waals surface area contributed by atoms with Crippen LogP contribution in [0.25, 0.3) is 0 Å². The van der Waals surface area contributed by atoms with Gasteiger partial charge >= 0.3 is 0 Å². The molecule has 0 atom stereocenters. The lowest BCUT2D eigenvalue weighted by atomic mass is 10.3. The third-order valence-electron chi connectivity index (χ3n) is 1.14. The molecule has 0 aliphatic rings. The number of unbranched alkanes of at least 4 members (excludes halogenated alkanes) is 2. The lowest BCUT2D eigenvalue weighted by molar-refractivity contribution is 0.318. The van der Waals surface area contributed by atoms with Crippen molar-refractivity contribution in [2.75, 3.05) is 13.7 Å². The molecule has 0 aromatic carbocycles. The van der Waals surface area contributed by atoms with E-state index in [2.05, 4.69) is 11.9 Å². The highest BCUT2D eigenvalue weighted by atomic mass is 28.2. The fraction of sp³-hybridized carbons (Fsp3) is 1.00. The Hall–Kier alpha value is 0.137. The molecule has 0 rings (SSSR count). The van der Waals surface area contributed by atoms with E-state index in [9.17, 15) is 0 Å². The van der Waals surface area contributed by atoms with Crippen LogP contribution >= 0.6 is 0 Å². The van der Waals surface area contributed by atoms with Gasteiger partial charge in [0.1, 0.15) is 0 Å². The van der Waals surface area contributed by atoms with Gasteiger partial charge in [-0.25, -0.2) is 0 Å². The van der Waals surface area contributed by atoms with E-state index in [1.807, 2.05) is 7.05 Å². The Balaban J connectivity index is 2.60. The number of rotatable bonds is 6. The zero-order chi connectivity index (χ0) is 6.95. The first kappa shape index (κ1) is 9.14. The van der Waals surface area contributed by atoms with Crippen molar-refractivity contribution >= 4 is 9.92 Å². The second-order valence-electron chi connectivity index (χ2n) is 2.11. The van der Waals surface area contributed by atoms with Crippen LogP contribution < -0.4 is 4.98 Å². The van der Waals surface area contributed by atoms with E-state index in [1.54, 1.807) is 0 Å². The summed E-state index contributed by atoms with van der Waals surface area (Å²) >= 11 is 0. The highest BCUT2D eigenvalue weighted by molar-refractivity contribution is 6.23. The summed E-state index contributed by atoms with van der Waals surface area (Å²) in [7, 11) is 1.59. The van der Waals surface area contributed by atoms with Gasteiger partial charge in [-0.15, -0.1) is 0 Å². The molecule has 0 spiro atoms. The van der Waals surface area contributed by atoms with Crippen LogP contribution in [0.2, 0.25) is 0 Å². The number of nitrogens with one attached hydrogen (secondary N) is 1. The van der Waals surface area contributed by atoms with Crippen LogP contribution in [0.15, 0.2) is 0 Å². The van der Waals surface area contributed by atoms with E-state index in [-0.39, 0.29) is 9.92 Å². The van der Waals surface area contributed by atoms with E-state index in [4.69, 9.17) is 4.43 Å². The Morgan fingerprint density at radius 1 is 1.44 bits per heavy atom.